The Morgan fingerprint density at radius 3 is 1.41 bits per heavy atom. The van der Waals surface area contributed by atoms with E-state index < -0.39 is 91.0 Å². The Balaban J connectivity index is 1.08. The van der Waals surface area contributed by atoms with Crippen molar-refractivity contribution >= 4 is 17.9 Å². The number of fused-ring (bicyclic) bond motifs is 9. The predicted octanol–water partition coefficient (Wildman–Crippen LogP) is 11.7. The minimum absolute atomic E-state index is 0.0387. The zero-order chi connectivity index (χ0) is 67.2. The molecule has 0 radical (unpaired) electrons. The molecule has 3 aliphatic heterocycles. The second-order valence-electron chi connectivity index (χ2n) is 29.1. The minimum Gasteiger partial charge on any atom is -0.487 e. The van der Waals surface area contributed by atoms with Gasteiger partial charge in [-0.3, -0.25) is 4.79 Å². The Hall–Kier alpha value is -5.63. The van der Waals surface area contributed by atoms with Gasteiger partial charge in [0.15, 0.2) is 12.2 Å². The van der Waals surface area contributed by atoms with Gasteiger partial charge in [-0.25, -0.2) is 9.59 Å². The van der Waals surface area contributed by atoms with Crippen molar-refractivity contribution in [3.8, 4) is 34.5 Å². The van der Waals surface area contributed by atoms with E-state index in [-0.39, 0.29) is 41.3 Å². The third kappa shape index (κ3) is 15.8. The maximum Gasteiger partial charge on any atom is 0.343 e. The quantitative estimate of drug-likeness (QED) is 0.0133. The normalized spacial score (nSPS) is 25.6. The van der Waals surface area contributed by atoms with Crippen LogP contribution in [0.25, 0.3) is 0 Å². The second kappa shape index (κ2) is 30.6. The van der Waals surface area contributed by atoms with Crippen molar-refractivity contribution in [1.82, 2.24) is 0 Å². The van der Waals surface area contributed by atoms with Crippen molar-refractivity contribution in [3.05, 3.63) is 105 Å². The number of aliphatic hydroxyl groups excluding tert-OH is 8. The standard InChI is InChI=1S/C76H106O17/c1-10-13-16-19-48-35-59(88-70(85)58(82)42-78)66-52-33-46(23-26-54(52)73(5,6)91-62(66)38-48)28-31-76(9)56-27-24-47(34-53(56)67-61(90-72(87)74(7,43-79)44-80)37-50(21-18-15-12-3)40-64(67)93-76)29-30-75(8)55-25-22-45(4)32-51(55)65-60(89-71(86)69(84)68(83)57(81)41-77)36-49(20-17-14-11-2)39-63(65)92-75/h32-40,51-58,68-69,77-84H,10-31,41-44H2,1-9H3/t51-,52-,53-,54-,55-,56-,57-,58+,68-,69-,75?,76?/m1/s1. The third-order valence-corrected chi connectivity index (χ3v) is 21.5. The lowest BCUT2D eigenvalue weighted by Gasteiger charge is -2.50. The van der Waals surface area contributed by atoms with Crippen LogP contribution in [0.4, 0.5) is 0 Å². The molecule has 3 heterocycles. The van der Waals surface area contributed by atoms with E-state index in [1.165, 1.54) is 23.6 Å². The third-order valence-electron chi connectivity index (χ3n) is 21.5. The summed E-state index contributed by atoms with van der Waals surface area (Å²) >= 11 is 0. The fraction of sp³-hybridized carbons (Fsp3) is 0.645. The Morgan fingerprint density at radius 2 is 0.957 bits per heavy atom. The van der Waals surface area contributed by atoms with E-state index in [2.05, 4.69) is 85.8 Å². The molecular weight excluding hydrogens is 1180 g/mol. The summed E-state index contributed by atoms with van der Waals surface area (Å²) in [6, 6.07) is 11.9. The number of benzene rings is 3. The molecule has 0 amide bonds. The molecule has 17 heteroatoms. The number of carbonyl (C=O) groups is 3. The monoisotopic (exact) mass is 1290 g/mol. The average Bonchev–Trinajstić information content (AvgIpc) is 0.754. The van der Waals surface area contributed by atoms with Crippen molar-refractivity contribution in [2.24, 2.45) is 23.2 Å². The number of allylic oxidation sites excluding steroid dienone is 6. The van der Waals surface area contributed by atoms with Crippen molar-refractivity contribution in [2.45, 2.75) is 263 Å². The number of esters is 3. The first-order chi connectivity index (χ1) is 44.4. The summed E-state index contributed by atoms with van der Waals surface area (Å²) in [5.74, 6) is -0.825. The summed E-state index contributed by atoms with van der Waals surface area (Å²) in [4.78, 5) is 41.2. The van der Waals surface area contributed by atoms with Gasteiger partial charge < -0.3 is 69.3 Å². The first-order valence-corrected chi connectivity index (χ1v) is 34.8. The van der Waals surface area contributed by atoms with Crippen LogP contribution >= 0.6 is 0 Å². The largest absolute Gasteiger partial charge is 0.487 e. The number of carbonyl (C=O) groups excluding carboxylic acids is 3. The lowest BCUT2D eigenvalue weighted by molar-refractivity contribution is -0.156. The summed E-state index contributed by atoms with van der Waals surface area (Å²) in [5.41, 5.74) is 5.11. The molecule has 6 aliphatic rings. The van der Waals surface area contributed by atoms with Crippen LogP contribution in [-0.4, -0.2) is 126 Å². The van der Waals surface area contributed by atoms with Gasteiger partial charge in [0, 0.05) is 52.2 Å². The fourth-order valence-corrected chi connectivity index (χ4v) is 15.6. The summed E-state index contributed by atoms with van der Waals surface area (Å²) < 4.78 is 40.1. The van der Waals surface area contributed by atoms with E-state index in [4.69, 9.17) is 28.4 Å². The van der Waals surface area contributed by atoms with Crippen LogP contribution in [0.15, 0.2) is 71.3 Å². The number of ether oxygens (including phenoxy) is 6. The molecule has 9 rings (SSSR count). The Labute approximate surface area is 550 Å². The number of aliphatic hydroxyl groups is 8. The summed E-state index contributed by atoms with van der Waals surface area (Å²) in [7, 11) is 0. The zero-order valence-electron chi connectivity index (χ0n) is 56.6. The van der Waals surface area contributed by atoms with Crippen molar-refractivity contribution in [1.29, 1.82) is 0 Å². The van der Waals surface area contributed by atoms with Crippen LogP contribution in [0.1, 0.15) is 235 Å². The van der Waals surface area contributed by atoms with Gasteiger partial charge in [-0.1, -0.05) is 94.2 Å². The first kappa shape index (κ1) is 71.7. The molecule has 17 nitrogen and oxygen atoms in total. The molecule has 8 N–H and O–H groups in total. The van der Waals surface area contributed by atoms with Gasteiger partial charge in [0.1, 0.15) is 68.9 Å². The van der Waals surface area contributed by atoms with Crippen molar-refractivity contribution < 1.29 is 83.7 Å². The number of aryl methyl sites for hydroxylation is 3. The van der Waals surface area contributed by atoms with Gasteiger partial charge in [-0.05, 0) is 197 Å². The number of rotatable bonds is 30. The lowest BCUT2D eigenvalue weighted by Crippen LogP contribution is -2.49. The minimum atomic E-state index is -2.12. The van der Waals surface area contributed by atoms with E-state index in [9.17, 15) is 55.2 Å². The fourth-order valence-electron chi connectivity index (χ4n) is 15.6. The van der Waals surface area contributed by atoms with Crippen LogP contribution in [0.3, 0.4) is 0 Å². The van der Waals surface area contributed by atoms with Crippen molar-refractivity contribution in [3.63, 3.8) is 0 Å². The summed E-state index contributed by atoms with van der Waals surface area (Å²) in [6.07, 6.45) is 17.8. The van der Waals surface area contributed by atoms with Gasteiger partial charge >= 0.3 is 17.9 Å². The highest BCUT2D eigenvalue weighted by Crippen LogP contribution is 2.60. The molecule has 0 saturated heterocycles. The summed E-state index contributed by atoms with van der Waals surface area (Å²) in [6.45, 7) is 15.8. The molecule has 0 saturated carbocycles. The smallest absolute Gasteiger partial charge is 0.343 e. The molecule has 512 valence electrons. The molecule has 0 aromatic heterocycles. The Kier molecular flexibility index (Phi) is 23.6. The van der Waals surface area contributed by atoms with Crippen LogP contribution < -0.4 is 28.4 Å². The van der Waals surface area contributed by atoms with Gasteiger partial charge in [0.25, 0.3) is 0 Å². The van der Waals surface area contributed by atoms with Gasteiger partial charge in [0.05, 0.1) is 26.4 Å². The van der Waals surface area contributed by atoms with E-state index in [0.717, 1.165) is 131 Å². The van der Waals surface area contributed by atoms with Gasteiger partial charge in [0.2, 0.25) is 0 Å². The maximum absolute atomic E-state index is 14.2. The van der Waals surface area contributed by atoms with Crippen LogP contribution in [0, 0.1) is 23.2 Å². The Morgan fingerprint density at radius 1 is 0.538 bits per heavy atom. The molecule has 0 spiro atoms. The molecule has 2 unspecified atom stereocenters. The predicted molar refractivity (Wildman–Crippen MR) is 354 cm³/mol. The first-order valence-electron chi connectivity index (χ1n) is 34.8. The molecule has 0 fully saturated rings. The topological polar surface area (TPSA) is 268 Å². The zero-order valence-corrected chi connectivity index (χ0v) is 56.6. The van der Waals surface area contributed by atoms with E-state index in [1.807, 2.05) is 24.3 Å². The van der Waals surface area contributed by atoms with Gasteiger partial charge in [-0.15, -0.1) is 0 Å². The second-order valence-corrected chi connectivity index (χ2v) is 29.1. The molecule has 12 atom stereocenters. The lowest BCUT2D eigenvalue weighted by atomic mass is 9.63. The molecular formula is C76H106O17. The molecule has 3 aromatic rings. The average molecular weight is 1290 g/mol. The van der Waals surface area contributed by atoms with Crippen molar-refractivity contribution in [2.75, 3.05) is 26.4 Å². The number of unbranched alkanes of at least 4 members (excludes halogenated alkanes) is 6. The molecule has 3 aromatic carbocycles. The molecule has 93 heavy (non-hydrogen) atoms. The van der Waals surface area contributed by atoms with Crippen LogP contribution in [0.2, 0.25) is 0 Å². The van der Waals surface area contributed by atoms with Gasteiger partial charge in [-0.2, -0.15) is 0 Å². The highest BCUT2D eigenvalue weighted by molar-refractivity contribution is 5.81. The van der Waals surface area contributed by atoms with Crippen LogP contribution in [-0.2, 0) is 33.6 Å². The van der Waals surface area contributed by atoms with E-state index in [1.54, 1.807) is 0 Å². The summed E-state index contributed by atoms with van der Waals surface area (Å²) in [5, 5.41) is 82.2. The highest BCUT2D eigenvalue weighted by Gasteiger charge is 2.53. The van der Waals surface area contributed by atoms with E-state index >= 15 is 0 Å². The van der Waals surface area contributed by atoms with E-state index in [0.29, 0.717) is 72.8 Å². The molecule has 3 aliphatic carbocycles. The number of hydrogen-bond donors (Lipinski definition) is 8. The highest BCUT2D eigenvalue weighted by atomic mass is 16.6. The SMILES string of the molecule is CCCCCc1cc(OC(=O)[C@@H](O)CO)c2c(c1)OC(C)(C)[C@@H]1CCC(CCC3(C)Oc4cc(CCCCC)cc(OC(=O)C(C)(CO)CO)c4[C@@H]4C=C(CCC5(C)Oc6cc(CCCCC)cc(OC(=O)[C@H](O)[C@H](O)[C@H](O)CO)c6[C@@H]6C=C(C)CC[C@H]65)CC[C@H]43)=C[C@@H]21. The Bertz CT molecular complexity index is 3230. The molecule has 0 bridgehead atoms. The maximum atomic E-state index is 14.2. The number of hydrogen-bond acceptors (Lipinski definition) is 17. The van der Waals surface area contributed by atoms with Crippen LogP contribution in [0.5, 0.6) is 34.5 Å².